The zero-order chi connectivity index (χ0) is 18.1. The molecular weight excluding hydrogens is 316 g/mol. The molecule has 2 aromatic heterocycles. The van der Waals surface area contributed by atoms with Gasteiger partial charge >= 0.3 is 0 Å². The van der Waals surface area contributed by atoms with E-state index in [2.05, 4.69) is 34.7 Å². The molecule has 0 spiro atoms. The minimum Gasteiger partial charge on any atom is -0.353 e. The Hall–Kier alpha value is -2.15. The second kappa shape index (κ2) is 7.00. The van der Waals surface area contributed by atoms with Gasteiger partial charge < -0.3 is 10.6 Å². The van der Waals surface area contributed by atoms with Crippen molar-refractivity contribution in [2.75, 3.05) is 13.1 Å². The second-order valence-electron chi connectivity index (χ2n) is 7.21. The standard InChI is InChI=1S/C18H28N6O/c1-11(6-15-12(2)22-24(5)13(15)3)21-18(25)17-9-19-8-16(17)14-7-20-23(4)10-14/h7,10-11,16-17,19H,6,8-9H2,1-5H3,(H,21,25)/t11?,16-,17+/m1/s1. The maximum Gasteiger partial charge on any atom is 0.225 e. The molecule has 0 bridgehead atoms. The van der Waals surface area contributed by atoms with Gasteiger partial charge in [0.25, 0.3) is 0 Å². The van der Waals surface area contributed by atoms with Crippen LogP contribution in [0.5, 0.6) is 0 Å². The largest absolute Gasteiger partial charge is 0.353 e. The van der Waals surface area contributed by atoms with Crippen molar-refractivity contribution < 1.29 is 4.79 Å². The van der Waals surface area contributed by atoms with Crippen LogP contribution in [0.2, 0.25) is 0 Å². The molecular formula is C18H28N6O. The van der Waals surface area contributed by atoms with E-state index in [1.807, 2.05) is 38.1 Å². The highest BCUT2D eigenvalue weighted by Gasteiger charge is 2.35. The Labute approximate surface area is 148 Å². The summed E-state index contributed by atoms with van der Waals surface area (Å²) in [7, 11) is 3.86. The summed E-state index contributed by atoms with van der Waals surface area (Å²) >= 11 is 0. The Morgan fingerprint density at radius 1 is 1.40 bits per heavy atom. The number of carbonyl (C=O) groups is 1. The van der Waals surface area contributed by atoms with Gasteiger partial charge in [-0.1, -0.05) is 0 Å². The van der Waals surface area contributed by atoms with Crippen molar-refractivity contribution in [3.8, 4) is 0 Å². The summed E-state index contributed by atoms with van der Waals surface area (Å²) in [6.45, 7) is 7.69. The number of aromatic nitrogens is 4. The van der Waals surface area contributed by atoms with Gasteiger partial charge in [0.05, 0.1) is 17.8 Å². The maximum absolute atomic E-state index is 12.8. The normalized spacial score (nSPS) is 21.5. The minimum atomic E-state index is -0.0530. The third-order valence-electron chi connectivity index (χ3n) is 5.26. The van der Waals surface area contributed by atoms with Crippen molar-refractivity contribution in [2.45, 2.75) is 39.2 Å². The number of carbonyl (C=O) groups excluding carboxylic acids is 1. The topological polar surface area (TPSA) is 76.8 Å². The minimum absolute atomic E-state index is 0.0530. The van der Waals surface area contributed by atoms with E-state index < -0.39 is 0 Å². The van der Waals surface area contributed by atoms with Gasteiger partial charge in [0.15, 0.2) is 0 Å². The van der Waals surface area contributed by atoms with Crippen molar-refractivity contribution in [3.63, 3.8) is 0 Å². The van der Waals surface area contributed by atoms with Crippen molar-refractivity contribution in [1.29, 1.82) is 0 Å². The van der Waals surface area contributed by atoms with E-state index in [1.54, 1.807) is 4.68 Å². The highest BCUT2D eigenvalue weighted by molar-refractivity contribution is 5.80. The van der Waals surface area contributed by atoms with Crippen LogP contribution < -0.4 is 10.6 Å². The first-order chi connectivity index (χ1) is 11.9. The van der Waals surface area contributed by atoms with Crippen molar-refractivity contribution in [2.24, 2.45) is 20.0 Å². The average Bonchev–Trinajstić information content (AvgIpc) is 3.24. The molecule has 0 aliphatic carbocycles. The maximum atomic E-state index is 12.8. The molecule has 2 N–H and O–H groups in total. The number of hydrogen-bond donors (Lipinski definition) is 2. The fourth-order valence-corrected chi connectivity index (χ4v) is 3.76. The zero-order valence-corrected chi connectivity index (χ0v) is 15.7. The lowest BCUT2D eigenvalue weighted by Gasteiger charge is -2.21. The van der Waals surface area contributed by atoms with Crippen LogP contribution in [0.1, 0.15) is 35.4 Å². The molecule has 1 aliphatic heterocycles. The van der Waals surface area contributed by atoms with E-state index >= 15 is 0 Å². The molecule has 2 aromatic rings. The Morgan fingerprint density at radius 2 is 2.16 bits per heavy atom. The summed E-state index contributed by atoms with van der Waals surface area (Å²) in [5.41, 5.74) is 4.55. The molecule has 136 valence electrons. The third kappa shape index (κ3) is 3.61. The molecule has 3 atom stereocenters. The highest BCUT2D eigenvalue weighted by atomic mass is 16.2. The molecule has 3 rings (SSSR count). The van der Waals surface area contributed by atoms with Gasteiger partial charge in [0.2, 0.25) is 5.91 Å². The van der Waals surface area contributed by atoms with Gasteiger partial charge in [0.1, 0.15) is 0 Å². The first-order valence-corrected chi connectivity index (χ1v) is 8.85. The number of aryl methyl sites for hydroxylation is 3. The van der Waals surface area contributed by atoms with Crippen LogP contribution in [0, 0.1) is 19.8 Å². The molecule has 0 saturated carbocycles. The first-order valence-electron chi connectivity index (χ1n) is 8.85. The Kier molecular flexibility index (Phi) is 4.94. The summed E-state index contributed by atoms with van der Waals surface area (Å²) in [5.74, 6) is 0.246. The van der Waals surface area contributed by atoms with Crippen molar-refractivity contribution >= 4 is 5.91 Å². The number of rotatable bonds is 5. The molecule has 1 amide bonds. The van der Waals surface area contributed by atoms with E-state index in [0.29, 0.717) is 6.54 Å². The molecule has 25 heavy (non-hydrogen) atoms. The van der Waals surface area contributed by atoms with Gasteiger partial charge in [0, 0.05) is 51.0 Å². The van der Waals surface area contributed by atoms with Gasteiger partial charge in [-0.05, 0) is 38.3 Å². The second-order valence-corrected chi connectivity index (χ2v) is 7.21. The first kappa shape index (κ1) is 17.7. The summed E-state index contributed by atoms with van der Waals surface area (Å²) in [6, 6.07) is 0.0734. The van der Waals surface area contributed by atoms with E-state index in [1.165, 1.54) is 5.56 Å². The van der Waals surface area contributed by atoms with Crippen LogP contribution in [-0.2, 0) is 25.3 Å². The molecule has 1 fully saturated rings. The predicted octanol–water partition coefficient (Wildman–Crippen LogP) is 0.821. The van der Waals surface area contributed by atoms with Gasteiger partial charge in [-0.2, -0.15) is 10.2 Å². The lowest BCUT2D eigenvalue weighted by molar-refractivity contribution is -0.125. The van der Waals surface area contributed by atoms with Crippen LogP contribution in [0.3, 0.4) is 0 Å². The van der Waals surface area contributed by atoms with Crippen LogP contribution in [0.4, 0.5) is 0 Å². The summed E-state index contributed by atoms with van der Waals surface area (Å²) < 4.78 is 3.69. The van der Waals surface area contributed by atoms with Crippen molar-refractivity contribution in [3.05, 3.63) is 34.9 Å². The van der Waals surface area contributed by atoms with Crippen LogP contribution in [0.15, 0.2) is 12.4 Å². The fraction of sp³-hybridized carbons (Fsp3) is 0.611. The molecule has 3 heterocycles. The number of nitrogens with one attached hydrogen (secondary N) is 2. The Bertz CT molecular complexity index is 762. The third-order valence-corrected chi connectivity index (χ3v) is 5.26. The lowest BCUT2D eigenvalue weighted by Crippen LogP contribution is -2.40. The monoisotopic (exact) mass is 344 g/mol. The van der Waals surface area contributed by atoms with Crippen LogP contribution in [0.25, 0.3) is 0 Å². The number of amides is 1. The van der Waals surface area contributed by atoms with Crippen molar-refractivity contribution in [1.82, 2.24) is 30.2 Å². The quantitative estimate of drug-likeness (QED) is 0.842. The summed E-state index contributed by atoms with van der Waals surface area (Å²) in [6.07, 6.45) is 4.67. The molecule has 0 aromatic carbocycles. The number of hydrogen-bond acceptors (Lipinski definition) is 4. The SMILES string of the molecule is Cc1nn(C)c(C)c1CC(C)NC(=O)[C@H]1CNC[C@@H]1c1cnn(C)c1. The van der Waals surface area contributed by atoms with Gasteiger partial charge in [-0.15, -0.1) is 0 Å². The van der Waals surface area contributed by atoms with E-state index in [0.717, 1.165) is 29.9 Å². The predicted molar refractivity (Wildman–Crippen MR) is 96.3 cm³/mol. The highest BCUT2D eigenvalue weighted by Crippen LogP contribution is 2.28. The molecule has 7 nitrogen and oxygen atoms in total. The molecule has 0 radical (unpaired) electrons. The van der Waals surface area contributed by atoms with E-state index in [-0.39, 0.29) is 23.8 Å². The van der Waals surface area contributed by atoms with E-state index in [9.17, 15) is 4.79 Å². The average molecular weight is 344 g/mol. The smallest absolute Gasteiger partial charge is 0.225 e. The molecule has 1 saturated heterocycles. The van der Waals surface area contributed by atoms with Gasteiger partial charge in [-0.25, -0.2) is 0 Å². The summed E-state index contributed by atoms with van der Waals surface area (Å²) in [5, 5.41) is 15.2. The zero-order valence-electron chi connectivity index (χ0n) is 15.7. The van der Waals surface area contributed by atoms with Gasteiger partial charge in [-0.3, -0.25) is 14.2 Å². The lowest BCUT2D eigenvalue weighted by atomic mass is 9.90. The Balaban J connectivity index is 1.64. The molecule has 7 heteroatoms. The Morgan fingerprint density at radius 3 is 2.76 bits per heavy atom. The molecule has 1 unspecified atom stereocenters. The van der Waals surface area contributed by atoms with E-state index in [4.69, 9.17) is 0 Å². The van der Waals surface area contributed by atoms with Crippen LogP contribution >= 0.6 is 0 Å². The van der Waals surface area contributed by atoms with Crippen LogP contribution in [-0.4, -0.2) is 44.6 Å². The number of nitrogens with zero attached hydrogens (tertiary/aromatic N) is 4. The molecule has 1 aliphatic rings. The summed E-state index contributed by atoms with van der Waals surface area (Å²) in [4.78, 5) is 12.8. The fourth-order valence-electron chi connectivity index (χ4n) is 3.76.